The van der Waals surface area contributed by atoms with E-state index >= 15 is 0 Å². The Bertz CT molecular complexity index is 80.9. The van der Waals surface area contributed by atoms with Crippen LogP contribution in [-0.4, -0.2) is 5.75 Å². The zero-order valence-electron chi connectivity index (χ0n) is 3.07. The summed E-state index contributed by atoms with van der Waals surface area (Å²) in [6, 6.07) is 0. The lowest BCUT2D eigenvalue weighted by molar-refractivity contribution is 1.43. The predicted octanol–water partition coefficient (Wildman–Crippen LogP) is 1.47. The smallest absolute Gasteiger partial charge is 0.0847 e. The average molecular weight is 166 g/mol. The van der Waals surface area contributed by atoms with Crippen molar-refractivity contribution in [2.45, 2.75) is 0 Å². The van der Waals surface area contributed by atoms with E-state index in [0.717, 1.165) is 10.4 Å². The predicted molar refractivity (Wildman–Crippen MR) is 32.6 cm³/mol. The van der Waals surface area contributed by atoms with E-state index in [1.807, 2.05) is 0 Å². The Kier molecular flexibility index (Phi) is 1.42. The molecule has 1 aliphatic heterocycles. The third-order valence-electron chi connectivity index (χ3n) is 0.516. The number of nitrogens with one attached hydrogen (secondary N) is 1. The molecular weight excluding hydrogens is 162 g/mol. The van der Waals surface area contributed by atoms with E-state index in [-0.39, 0.29) is 0 Å². The van der Waals surface area contributed by atoms with Gasteiger partial charge in [0.1, 0.15) is 0 Å². The Morgan fingerprint density at radius 3 is 3.00 bits per heavy atom. The zero-order chi connectivity index (χ0) is 4.41. The monoisotopic (exact) mass is 165 g/mol. The number of rotatable bonds is 0. The first-order valence-corrected chi connectivity index (χ1v) is 3.41. The molecule has 0 atom stereocenters. The molecule has 0 aromatic heterocycles. The van der Waals surface area contributed by atoms with Crippen molar-refractivity contribution in [3.05, 3.63) is 10.7 Å². The van der Waals surface area contributed by atoms with E-state index in [9.17, 15) is 0 Å². The van der Waals surface area contributed by atoms with E-state index in [1.165, 1.54) is 0 Å². The Balaban J connectivity index is 2.45. The van der Waals surface area contributed by atoms with Crippen LogP contribution < -0.4 is 4.72 Å². The summed E-state index contributed by atoms with van der Waals surface area (Å²) in [4.78, 5) is 0. The maximum atomic E-state index is 3.27. The van der Waals surface area contributed by atoms with Crippen LogP contribution in [0.15, 0.2) is 10.7 Å². The topological polar surface area (TPSA) is 12.0 Å². The van der Waals surface area contributed by atoms with Gasteiger partial charge in [0.15, 0.2) is 0 Å². The molecule has 0 aromatic carbocycles. The van der Waals surface area contributed by atoms with Crippen LogP contribution in [0.25, 0.3) is 0 Å². The van der Waals surface area contributed by atoms with Gasteiger partial charge in [-0.1, -0.05) is 0 Å². The van der Waals surface area contributed by atoms with Crippen LogP contribution in [0.3, 0.4) is 0 Å². The van der Waals surface area contributed by atoms with Gasteiger partial charge >= 0.3 is 0 Å². The maximum absolute atomic E-state index is 3.27. The molecule has 0 radical (unpaired) electrons. The fraction of sp³-hybridized carbons (Fsp3) is 0.333. The number of hydrogen-bond acceptors (Lipinski definition) is 2. The van der Waals surface area contributed by atoms with Crippen molar-refractivity contribution in [3.63, 3.8) is 0 Å². The van der Waals surface area contributed by atoms with Crippen molar-refractivity contribution in [1.82, 2.24) is 4.72 Å². The molecule has 1 aliphatic rings. The summed E-state index contributed by atoms with van der Waals surface area (Å²) in [6.45, 7) is 0. The van der Waals surface area contributed by atoms with E-state index in [2.05, 4.69) is 26.7 Å². The quantitative estimate of drug-likeness (QED) is 0.432. The minimum absolute atomic E-state index is 1.08. The minimum atomic E-state index is 1.08. The third-order valence-corrected chi connectivity index (χ3v) is 2.00. The summed E-state index contributed by atoms with van der Waals surface area (Å²) < 4.78 is 4.12. The third kappa shape index (κ3) is 0.914. The largest absolute Gasteiger partial charge is 0.324 e. The molecule has 0 bridgehead atoms. The fourth-order valence-corrected chi connectivity index (χ4v) is 1.54. The highest BCUT2D eigenvalue weighted by Gasteiger charge is 1.95. The summed E-state index contributed by atoms with van der Waals surface area (Å²) in [5, 5.41) is 0. The van der Waals surface area contributed by atoms with Crippen molar-refractivity contribution < 1.29 is 0 Å². The van der Waals surface area contributed by atoms with Crippen LogP contribution in [0.1, 0.15) is 0 Å². The van der Waals surface area contributed by atoms with Crippen molar-refractivity contribution in [3.8, 4) is 0 Å². The lowest BCUT2D eigenvalue weighted by Gasteiger charge is -1.85. The van der Waals surface area contributed by atoms with Gasteiger partial charge in [-0.3, -0.25) is 0 Å². The highest BCUT2D eigenvalue weighted by molar-refractivity contribution is 9.11. The van der Waals surface area contributed by atoms with E-state index < -0.39 is 0 Å². The highest BCUT2D eigenvalue weighted by Crippen LogP contribution is 2.13. The Morgan fingerprint density at radius 1 is 2.00 bits per heavy atom. The second kappa shape index (κ2) is 1.89. The molecule has 0 amide bonds. The van der Waals surface area contributed by atoms with Gasteiger partial charge in [-0.2, -0.15) is 0 Å². The first-order chi connectivity index (χ1) is 2.89. The van der Waals surface area contributed by atoms with Crippen LogP contribution in [0.2, 0.25) is 0 Å². The molecule has 1 nitrogen and oxygen atoms in total. The standard InChI is InChI=1S/C3H4BrNS/c4-3-1-2-6-5-3/h1,5H,2H2. The lowest BCUT2D eigenvalue weighted by atomic mass is 10.7. The SMILES string of the molecule is BrC1=CCSN1. The number of hydrogen-bond donors (Lipinski definition) is 1. The van der Waals surface area contributed by atoms with Gasteiger partial charge in [-0.15, -0.1) is 0 Å². The second-order valence-electron chi connectivity index (χ2n) is 0.965. The molecule has 1 heterocycles. The molecule has 0 saturated carbocycles. The second-order valence-corrected chi connectivity index (χ2v) is 2.65. The van der Waals surface area contributed by atoms with E-state index in [1.54, 1.807) is 11.9 Å². The Labute approximate surface area is 49.4 Å². The van der Waals surface area contributed by atoms with Gasteiger partial charge in [0, 0.05) is 5.75 Å². The molecule has 0 aromatic rings. The molecular formula is C3H4BrNS. The molecule has 0 fully saturated rings. The van der Waals surface area contributed by atoms with Gasteiger partial charge < -0.3 is 4.72 Å². The first-order valence-electron chi connectivity index (χ1n) is 1.63. The van der Waals surface area contributed by atoms with Gasteiger partial charge in [0.05, 0.1) is 4.61 Å². The highest BCUT2D eigenvalue weighted by atomic mass is 79.9. The normalized spacial score (nSPS) is 19.8. The van der Waals surface area contributed by atoms with Crippen molar-refractivity contribution in [1.29, 1.82) is 0 Å². The molecule has 6 heavy (non-hydrogen) atoms. The molecule has 0 saturated heterocycles. The van der Waals surface area contributed by atoms with Crippen molar-refractivity contribution in [2.24, 2.45) is 0 Å². The molecule has 3 heteroatoms. The molecule has 0 aliphatic carbocycles. The van der Waals surface area contributed by atoms with Gasteiger partial charge in [-0.05, 0) is 34.0 Å². The Morgan fingerprint density at radius 2 is 2.83 bits per heavy atom. The molecule has 0 spiro atoms. The molecule has 0 unspecified atom stereocenters. The zero-order valence-corrected chi connectivity index (χ0v) is 5.47. The van der Waals surface area contributed by atoms with Crippen LogP contribution in [0.5, 0.6) is 0 Å². The average Bonchev–Trinajstić information content (AvgIpc) is 1.86. The van der Waals surface area contributed by atoms with Gasteiger partial charge in [0.25, 0.3) is 0 Å². The molecule has 34 valence electrons. The minimum Gasteiger partial charge on any atom is -0.324 e. The summed E-state index contributed by atoms with van der Waals surface area (Å²) in [5.74, 6) is 1.08. The maximum Gasteiger partial charge on any atom is 0.0847 e. The van der Waals surface area contributed by atoms with Crippen LogP contribution >= 0.6 is 27.9 Å². The van der Waals surface area contributed by atoms with E-state index in [0.29, 0.717) is 0 Å². The first kappa shape index (κ1) is 4.53. The summed E-state index contributed by atoms with van der Waals surface area (Å²) >= 11 is 4.96. The van der Waals surface area contributed by atoms with E-state index in [4.69, 9.17) is 0 Å². The Hall–Kier alpha value is 0.370. The summed E-state index contributed by atoms with van der Waals surface area (Å²) in [7, 11) is 0. The van der Waals surface area contributed by atoms with Gasteiger partial charge in [-0.25, -0.2) is 0 Å². The summed E-state index contributed by atoms with van der Waals surface area (Å²) in [5.41, 5.74) is 0. The number of halogens is 1. The van der Waals surface area contributed by atoms with Crippen LogP contribution in [0, 0.1) is 0 Å². The molecule has 1 N–H and O–H groups in total. The summed E-state index contributed by atoms with van der Waals surface area (Å²) in [6.07, 6.45) is 2.09. The van der Waals surface area contributed by atoms with Gasteiger partial charge in [0.2, 0.25) is 0 Å². The van der Waals surface area contributed by atoms with Crippen molar-refractivity contribution in [2.75, 3.05) is 5.75 Å². The lowest BCUT2D eigenvalue weighted by Crippen LogP contribution is -1.86. The molecule has 1 rings (SSSR count). The van der Waals surface area contributed by atoms with Crippen LogP contribution in [0.4, 0.5) is 0 Å². The van der Waals surface area contributed by atoms with Crippen LogP contribution in [-0.2, 0) is 0 Å². The fourth-order valence-electron chi connectivity index (χ4n) is 0.267. The van der Waals surface area contributed by atoms with Crippen molar-refractivity contribution >= 4 is 27.9 Å².